The van der Waals surface area contributed by atoms with Crippen molar-refractivity contribution in [2.75, 3.05) is 51.0 Å². The molecule has 3 heterocycles. The van der Waals surface area contributed by atoms with Gasteiger partial charge in [-0.1, -0.05) is 23.7 Å². The number of anilines is 3. The number of carbonyl (C=O) groups excluding carboxylic acids is 1. The zero-order valence-electron chi connectivity index (χ0n) is 24.9. The van der Waals surface area contributed by atoms with E-state index in [9.17, 15) is 10.1 Å². The maximum absolute atomic E-state index is 12.9. The molecule has 11 heteroatoms. The third-order valence-electron chi connectivity index (χ3n) is 7.25. The van der Waals surface area contributed by atoms with Crippen molar-refractivity contribution in [2.45, 2.75) is 19.6 Å². The van der Waals surface area contributed by atoms with Crippen molar-refractivity contribution in [1.82, 2.24) is 19.8 Å². The lowest BCUT2D eigenvalue weighted by Gasteiger charge is -2.42. The van der Waals surface area contributed by atoms with E-state index in [1.54, 1.807) is 30.5 Å². The number of nitrogens with zero attached hydrogens (tertiary/aromatic N) is 5. The topological polar surface area (TPSA) is 116 Å². The number of ether oxygens (including phenoxy) is 2. The second-order valence-electron chi connectivity index (χ2n) is 10.6. The summed E-state index contributed by atoms with van der Waals surface area (Å²) in [6.07, 6.45) is 6.60. The Morgan fingerprint density at radius 1 is 1.16 bits per heavy atom. The lowest BCUT2D eigenvalue weighted by Crippen LogP contribution is -2.57. The van der Waals surface area contributed by atoms with Crippen LogP contribution in [-0.4, -0.2) is 72.1 Å². The second-order valence-corrected chi connectivity index (χ2v) is 11.0. The summed E-state index contributed by atoms with van der Waals surface area (Å²) in [6.45, 7) is 5.22. The predicted octanol–water partition coefficient (Wildman–Crippen LogP) is 5.62. The molecule has 2 N–H and O–H groups in total. The van der Waals surface area contributed by atoms with Crippen LogP contribution in [0.2, 0.25) is 5.02 Å². The fourth-order valence-corrected chi connectivity index (χ4v) is 5.02. The number of aromatic nitrogens is 2. The van der Waals surface area contributed by atoms with Crippen LogP contribution in [0.25, 0.3) is 10.9 Å². The summed E-state index contributed by atoms with van der Waals surface area (Å²) in [5.74, 6) is 0.717. The van der Waals surface area contributed by atoms with Gasteiger partial charge in [-0.2, -0.15) is 5.26 Å². The Balaban J connectivity index is 1.36. The fraction of sp³-hybridized carbons (Fsp3) is 0.273. The highest BCUT2D eigenvalue weighted by atomic mass is 35.5. The van der Waals surface area contributed by atoms with Gasteiger partial charge < -0.3 is 25.0 Å². The molecule has 0 atom stereocenters. The van der Waals surface area contributed by atoms with E-state index in [-0.39, 0.29) is 12.5 Å². The van der Waals surface area contributed by atoms with Crippen LogP contribution in [0.1, 0.15) is 18.2 Å². The molecule has 0 radical (unpaired) electrons. The average Bonchev–Trinajstić information content (AvgIpc) is 2.99. The molecule has 1 fully saturated rings. The number of pyridine rings is 2. The fourth-order valence-electron chi connectivity index (χ4n) is 4.79. The lowest BCUT2D eigenvalue weighted by molar-refractivity contribution is -0.111. The average molecular weight is 612 g/mol. The Morgan fingerprint density at radius 2 is 2.00 bits per heavy atom. The van der Waals surface area contributed by atoms with Gasteiger partial charge in [-0.05, 0) is 57.4 Å². The van der Waals surface area contributed by atoms with E-state index < -0.39 is 0 Å². The van der Waals surface area contributed by atoms with E-state index in [4.69, 9.17) is 21.1 Å². The number of rotatable bonds is 12. The summed E-state index contributed by atoms with van der Waals surface area (Å²) in [4.78, 5) is 26.1. The van der Waals surface area contributed by atoms with Crippen LogP contribution >= 0.6 is 11.6 Å². The van der Waals surface area contributed by atoms with Crippen molar-refractivity contribution in [3.63, 3.8) is 0 Å². The van der Waals surface area contributed by atoms with E-state index in [1.165, 1.54) is 12.3 Å². The molecule has 44 heavy (non-hydrogen) atoms. The van der Waals surface area contributed by atoms with Gasteiger partial charge in [0.1, 0.15) is 24.2 Å². The Kier molecular flexibility index (Phi) is 9.92. The molecule has 2 aromatic heterocycles. The highest BCUT2D eigenvalue weighted by Crippen LogP contribution is 2.37. The molecule has 1 aliphatic heterocycles. The van der Waals surface area contributed by atoms with Crippen LogP contribution in [0.3, 0.4) is 0 Å². The summed E-state index contributed by atoms with van der Waals surface area (Å²) in [5.41, 5.74) is 3.36. The standard InChI is InChI=1S/C33H34ClN7O3/c1-4-43-31-16-28-26(15-29(31)39-32(42)9-7-13-41-19-25(20-41)40(2)3)33(22(17-35)18-37-28)38-23-10-11-30(27(34)14-23)44-21-24-8-5-6-12-36-24/h5-12,14-16,18,25H,4,13,19-21H2,1-3H3,(H,37,38)(H,39,42)/b9-7+. The lowest BCUT2D eigenvalue weighted by atomic mass is 10.1. The number of carbonyl (C=O) groups is 1. The van der Waals surface area contributed by atoms with Crippen LogP contribution in [0, 0.1) is 11.3 Å². The minimum absolute atomic E-state index is 0.276. The molecule has 0 spiro atoms. The molecule has 10 nitrogen and oxygen atoms in total. The Morgan fingerprint density at radius 3 is 2.70 bits per heavy atom. The number of likely N-dealkylation sites (N-methyl/N-ethyl adjacent to an activating group) is 1. The van der Waals surface area contributed by atoms with E-state index in [0.717, 1.165) is 18.8 Å². The third kappa shape index (κ3) is 7.44. The first kappa shape index (κ1) is 30.8. The van der Waals surface area contributed by atoms with Gasteiger partial charge in [0.25, 0.3) is 0 Å². The van der Waals surface area contributed by atoms with Gasteiger partial charge in [-0.25, -0.2) is 0 Å². The van der Waals surface area contributed by atoms with Gasteiger partial charge >= 0.3 is 0 Å². The van der Waals surface area contributed by atoms with Crippen LogP contribution in [-0.2, 0) is 11.4 Å². The van der Waals surface area contributed by atoms with E-state index in [0.29, 0.717) is 69.2 Å². The van der Waals surface area contributed by atoms with E-state index in [1.807, 2.05) is 37.3 Å². The number of nitrogens with one attached hydrogen (secondary N) is 2. The number of hydrogen-bond acceptors (Lipinski definition) is 9. The van der Waals surface area contributed by atoms with Crippen molar-refractivity contribution < 1.29 is 14.3 Å². The number of benzene rings is 2. The van der Waals surface area contributed by atoms with E-state index >= 15 is 0 Å². The van der Waals surface area contributed by atoms with Crippen molar-refractivity contribution in [3.8, 4) is 17.6 Å². The van der Waals surface area contributed by atoms with Crippen molar-refractivity contribution in [3.05, 3.63) is 89.4 Å². The molecular weight excluding hydrogens is 578 g/mol. The number of fused-ring (bicyclic) bond motifs is 1. The molecule has 0 bridgehead atoms. The third-order valence-corrected chi connectivity index (χ3v) is 7.55. The van der Waals surface area contributed by atoms with Crippen molar-refractivity contribution in [2.24, 2.45) is 0 Å². The number of likely N-dealkylation sites (tertiary alicyclic amines) is 1. The van der Waals surface area contributed by atoms with Crippen LogP contribution < -0.4 is 20.1 Å². The number of amides is 1. The molecule has 1 saturated heterocycles. The molecular formula is C33H34ClN7O3. The molecule has 1 aliphatic rings. The molecule has 4 aromatic rings. The summed E-state index contributed by atoms with van der Waals surface area (Å²) in [5, 5.41) is 17.2. The molecule has 1 amide bonds. The van der Waals surface area contributed by atoms with Crippen LogP contribution in [0.4, 0.5) is 17.1 Å². The molecule has 5 rings (SSSR count). The minimum Gasteiger partial charge on any atom is -0.492 e. The Bertz CT molecular complexity index is 1700. The second kappa shape index (κ2) is 14.2. The summed E-state index contributed by atoms with van der Waals surface area (Å²) >= 11 is 6.55. The molecule has 2 aromatic carbocycles. The predicted molar refractivity (Wildman–Crippen MR) is 173 cm³/mol. The van der Waals surface area contributed by atoms with Crippen LogP contribution in [0.15, 0.2) is 73.1 Å². The summed E-state index contributed by atoms with van der Waals surface area (Å²) in [7, 11) is 4.15. The summed E-state index contributed by atoms with van der Waals surface area (Å²) in [6, 6.07) is 17.2. The maximum atomic E-state index is 12.9. The Hall–Kier alpha value is -4.69. The zero-order valence-corrected chi connectivity index (χ0v) is 25.6. The van der Waals surface area contributed by atoms with Gasteiger partial charge in [0.2, 0.25) is 5.91 Å². The number of nitriles is 1. The highest BCUT2D eigenvalue weighted by molar-refractivity contribution is 6.32. The molecule has 0 aliphatic carbocycles. The van der Waals surface area contributed by atoms with Gasteiger partial charge in [0.15, 0.2) is 0 Å². The normalized spacial score (nSPS) is 13.5. The largest absolute Gasteiger partial charge is 0.492 e. The van der Waals surface area contributed by atoms with Crippen molar-refractivity contribution >= 4 is 45.5 Å². The van der Waals surface area contributed by atoms with Crippen LogP contribution in [0.5, 0.6) is 11.5 Å². The summed E-state index contributed by atoms with van der Waals surface area (Å²) < 4.78 is 11.7. The van der Waals surface area contributed by atoms with Gasteiger partial charge in [-0.15, -0.1) is 0 Å². The van der Waals surface area contributed by atoms with Crippen molar-refractivity contribution in [1.29, 1.82) is 5.26 Å². The maximum Gasteiger partial charge on any atom is 0.248 e. The number of halogens is 1. The molecule has 0 saturated carbocycles. The first-order valence-corrected chi connectivity index (χ1v) is 14.7. The SMILES string of the molecule is CCOc1cc2ncc(C#N)c(Nc3ccc(OCc4ccccn4)c(Cl)c3)c2cc1NC(=O)/C=C/CN1CC(N(C)C)C1. The van der Waals surface area contributed by atoms with Gasteiger partial charge in [0.05, 0.1) is 39.8 Å². The quantitative estimate of drug-likeness (QED) is 0.197. The zero-order chi connectivity index (χ0) is 31.1. The smallest absolute Gasteiger partial charge is 0.248 e. The first-order valence-electron chi connectivity index (χ1n) is 14.3. The first-order chi connectivity index (χ1) is 21.3. The Labute approximate surface area is 261 Å². The molecule has 0 unspecified atom stereocenters. The van der Waals surface area contributed by atoms with Gasteiger partial charge in [0, 0.05) is 61.3 Å². The number of hydrogen-bond donors (Lipinski definition) is 2. The highest BCUT2D eigenvalue weighted by Gasteiger charge is 2.26. The molecule has 226 valence electrons. The minimum atomic E-state index is -0.276. The monoisotopic (exact) mass is 611 g/mol. The van der Waals surface area contributed by atoms with E-state index in [2.05, 4.69) is 50.6 Å². The van der Waals surface area contributed by atoms with Gasteiger partial charge in [-0.3, -0.25) is 19.7 Å².